The molecular weight excluding hydrogens is 469 g/mol. The fourth-order valence-electron chi connectivity index (χ4n) is 6.86. The monoisotopic (exact) mass is 503 g/mol. The van der Waals surface area contributed by atoms with E-state index in [1.54, 1.807) is 0 Å². The fraction of sp³-hybridized carbons (Fsp3) is 0.273. The van der Waals surface area contributed by atoms with Crippen molar-refractivity contribution in [1.29, 1.82) is 0 Å². The molecule has 36 heavy (non-hydrogen) atoms. The summed E-state index contributed by atoms with van der Waals surface area (Å²) in [6, 6.07) is 45.1. The van der Waals surface area contributed by atoms with Crippen molar-refractivity contribution in [1.82, 2.24) is 0 Å². The van der Waals surface area contributed by atoms with Crippen LogP contribution in [0.2, 0.25) is 0 Å². The summed E-state index contributed by atoms with van der Waals surface area (Å²) < 4.78 is 0. The predicted molar refractivity (Wildman–Crippen MR) is 160 cm³/mol. The Morgan fingerprint density at radius 1 is 0.500 bits per heavy atom. The van der Waals surface area contributed by atoms with Crippen LogP contribution in [0.5, 0.6) is 0 Å². The largest absolute Gasteiger partial charge is 0.366 e. The summed E-state index contributed by atoms with van der Waals surface area (Å²) in [4.78, 5) is 0. The number of hydrogen-bond donors (Lipinski definition) is 0. The average Bonchev–Trinajstić information content (AvgIpc) is 3.51. The zero-order chi connectivity index (χ0) is 24.4. The highest BCUT2D eigenvalue weighted by Gasteiger charge is 2.57. The summed E-state index contributed by atoms with van der Waals surface area (Å²) in [7, 11) is 5.79. The van der Waals surface area contributed by atoms with E-state index < -0.39 is 7.14 Å². The molecule has 2 radical (unpaired) electrons. The zero-order valence-electron chi connectivity index (χ0n) is 20.9. The van der Waals surface area contributed by atoms with Crippen LogP contribution >= 0.6 is 15.1 Å². The smallest absolute Gasteiger partial charge is 0.0622 e. The quantitative estimate of drug-likeness (QED) is 0.181. The van der Waals surface area contributed by atoms with E-state index in [-0.39, 0.29) is 7.92 Å². The van der Waals surface area contributed by atoms with Crippen LogP contribution in [-0.2, 0) is 0 Å². The first kappa shape index (κ1) is 24.2. The molecule has 2 saturated heterocycles. The minimum atomic E-state index is -1.82. The number of rotatable bonds is 6. The van der Waals surface area contributed by atoms with Crippen molar-refractivity contribution >= 4 is 22.6 Å². The van der Waals surface area contributed by atoms with Crippen molar-refractivity contribution in [3.63, 3.8) is 0 Å². The van der Waals surface area contributed by atoms with Crippen LogP contribution in [0.15, 0.2) is 121 Å². The van der Waals surface area contributed by atoms with Gasteiger partial charge in [-0.05, 0) is 55.1 Å². The number of benzene rings is 4. The summed E-state index contributed by atoms with van der Waals surface area (Å²) in [6.45, 7) is 0. The first-order valence-corrected chi connectivity index (χ1v) is 17.2. The van der Waals surface area contributed by atoms with Crippen molar-refractivity contribution in [2.24, 2.45) is 0 Å². The van der Waals surface area contributed by atoms with Crippen LogP contribution in [-0.4, -0.2) is 13.5 Å². The van der Waals surface area contributed by atoms with E-state index in [2.05, 4.69) is 121 Å². The van der Waals surface area contributed by atoms with Crippen molar-refractivity contribution in [2.45, 2.75) is 48.3 Å². The van der Waals surface area contributed by atoms with Gasteiger partial charge >= 0.3 is 7.57 Å². The SMILES string of the molecule is [B][P+]1(CP2C(c3ccccc3)CC[C@@H]2c2ccccc2)C(c2ccccc2)CC[C@@H]1c1ccccc1. The van der Waals surface area contributed by atoms with Gasteiger partial charge in [0.25, 0.3) is 0 Å². The van der Waals surface area contributed by atoms with Crippen molar-refractivity contribution in [3.8, 4) is 0 Å². The summed E-state index contributed by atoms with van der Waals surface area (Å²) in [5.74, 6) is 1.22. The van der Waals surface area contributed by atoms with E-state index in [0.29, 0.717) is 22.6 Å². The van der Waals surface area contributed by atoms with Crippen LogP contribution in [0.3, 0.4) is 0 Å². The molecular formula is C33H34BP2+. The van der Waals surface area contributed by atoms with Gasteiger partial charge in [-0.3, -0.25) is 0 Å². The molecule has 2 aliphatic rings. The Balaban J connectivity index is 1.43. The van der Waals surface area contributed by atoms with Crippen molar-refractivity contribution < 1.29 is 0 Å². The van der Waals surface area contributed by atoms with Crippen LogP contribution in [0.4, 0.5) is 0 Å². The Bertz CT molecular complexity index is 1150. The summed E-state index contributed by atoms with van der Waals surface area (Å²) in [5.41, 5.74) is 8.27. The highest BCUT2D eigenvalue weighted by atomic mass is 31.2. The lowest BCUT2D eigenvalue weighted by Crippen LogP contribution is -2.11. The minimum absolute atomic E-state index is 0.294. The normalized spacial score (nSPS) is 29.8. The molecule has 4 unspecified atom stereocenters. The summed E-state index contributed by atoms with van der Waals surface area (Å²) >= 11 is 0. The maximum Gasteiger partial charge on any atom is 0.366 e. The second-order valence-corrected chi connectivity index (χ2v) is 17.2. The molecule has 0 nitrogen and oxygen atoms in total. The van der Waals surface area contributed by atoms with Gasteiger partial charge in [-0.15, -0.1) is 0 Å². The molecule has 6 atom stereocenters. The van der Waals surface area contributed by atoms with E-state index in [0.717, 1.165) is 0 Å². The Morgan fingerprint density at radius 3 is 1.19 bits per heavy atom. The fourth-order valence-corrected chi connectivity index (χ4v) is 17.9. The Hall–Kier alpha value is -2.20. The average molecular weight is 503 g/mol. The van der Waals surface area contributed by atoms with Crippen molar-refractivity contribution in [2.75, 3.05) is 5.90 Å². The van der Waals surface area contributed by atoms with Gasteiger partial charge in [-0.2, -0.15) is 0 Å². The zero-order valence-corrected chi connectivity index (χ0v) is 22.7. The summed E-state index contributed by atoms with van der Waals surface area (Å²) in [5, 5.41) is 0. The third kappa shape index (κ3) is 4.62. The Labute approximate surface area is 220 Å². The summed E-state index contributed by atoms with van der Waals surface area (Å²) in [6.07, 6.45) is 4.98. The van der Waals surface area contributed by atoms with E-state index in [1.807, 2.05) is 0 Å². The maximum atomic E-state index is 7.90. The third-order valence-corrected chi connectivity index (χ3v) is 17.9. The van der Waals surface area contributed by atoms with Crippen LogP contribution in [0.25, 0.3) is 0 Å². The van der Waals surface area contributed by atoms with Gasteiger partial charge in [-0.1, -0.05) is 129 Å². The molecule has 4 aromatic rings. The predicted octanol–water partition coefficient (Wildman–Crippen LogP) is 10.1. The molecule has 0 saturated carbocycles. The topological polar surface area (TPSA) is 0 Å². The third-order valence-electron chi connectivity index (χ3n) is 8.53. The lowest BCUT2D eigenvalue weighted by Gasteiger charge is -2.37. The standard InChI is InChI=1S/C33H34BP2/c34-36(32(28-17-9-3-10-18-28)23-24-33(36)29-19-11-4-12-20-29)25-35-30(26-13-5-1-6-14-26)21-22-31(35)27-15-7-2-8-16-27/h1-20,30-33H,21-25H2/q+1/t30-,31?,32-,33?,35?,36?/m1/s1. The highest BCUT2D eigenvalue weighted by molar-refractivity contribution is 8.03. The van der Waals surface area contributed by atoms with Gasteiger partial charge in [0.1, 0.15) is 0 Å². The molecule has 2 aliphatic heterocycles. The molecule has 4 aromatic carbocycles. The van der Waals surface area contributed by atoms with Gasteiger partial charge < -0.3 is 0 Å². The van der Waals surface area contributed by atoms with Crippen LogP contribution < -0.4 is 0 Å². The molecule has 178 valence electrons. The van der Waals surface area contributed by atoms with Gasteiger partial charge in [0, 0.05) is 11.3 Å². The van der Waals surface area contributed by atoms with Crippen LogP contribution in [0, 0.1) is 0 Å². The first-order valence-electron chi connectivity index (χ1n) is 13.4. The molecule has 0 aromatic heterocycles. The van der Waals surface area contributed by atoms with E-state index in [4.69, 9.17) is 7.57 Å². The van der Waals surface area contributed by atoms with Gasteiger partial charge in [0.05, 0.1) is 17.2 Å². The lowest BCUT2D eigenvalue weighted by atomic mass is 10.0. The molecule has 3 heteroatoms. The molecule has 0 bridgehead atoms. The van der Waals surface area contributed by atoms with Gasteiger partial charge in [0.2, 0.25) is 0 Å². The second kappa shape index (κ2) is 10.7. The van der Waals surface area contributed by atoms with Gasteiger partial charge in [-0.25, -0.2) is 0 Å². The highest BCUT2D eigenvalue weighted by Crippen LogP contribution is 2.88. The molecule has 2 fully saturated rings. The van der Waals surface area contributed by atoms with Crippen LogP contribution in [0.1, 0.15) is 70.6 Å². The maximum absolute atomic E-state index is 7.90. The number of hydrogen-bond acceptors (Lipinski definition) is 0. The van der Waals surface area contributed by atoms with E-state index in [1.165, 1.54) is 53.8 Å². The molecule has 0 spiro atoms. The first-order chi connectivity index (χ1) is 17.7. The molecule has 6 rings (SSSR count). The lowest BCUT2D eigenvalue weighted by molar-refractivity contribution is 0.765. The molecule has 0 aliphatic carbocycles. The Kier molecular flexibility index (Phi) is 7.15. The second-order valence-electron chi connectivity index (χ2n) is 10.5. The van der Waals surface area contributed by atoms with E-state index >= 15 is 0 Å². The molecule has 2 heterocycles. The van der Waals surface area contributed by atoms with Gasteiger partial charge in [0.15, 0.2) is 0 Å². The molecule has 0 N–H and O–H groups in total. The van der Waals surface area contributed by atoms with Crippen molar-refractivity contribution in [3.05, 3.63) is 144 Å². The van der Waals surface area contributed by atoms with E-state index in [9.17, 15) is 0 Å². The molecule has 0 amide bonds. The Morgan fingerprint density at radius 2 is 0.833 bits per heavy atom. The minimum Gasteiger partial charge on any atom is -0.0622 e.